The Balaban J connectivity index is 1.72. The second-order valence-corrected chi connectivity index (χ2v) is 6.17. The number of nitrogens with zero attached hydrogens (tertiary/aromatic N) is 2. The molecule has 6 N–H and O–H groups in total. The van der Waals surface area contributed by atoms with Gasteiger partial charge in [0.05, 0.1) is 15.8 Å². The Labute approximate surface area is 138 Å². The molecule has 0 fully saturated rings. The Bertz CT molecular complexity index is 1060. The number of aromatic nitrogens is 2. The van der Waals surface area contributed by atoms with Gasteiger partial charge in [0.15, 0.2) is 0 Å². The normalized spacial score (nSPS) is 13.2. The summed E-state index contributed by atoms with van der Waals surface area (Å²) in [7, 11) is 0. The van der Waals surface area contributed by atoms with Crippen molar-refractivity contribution < 1.29 is 9.90 Å². The van der Waals surface area contributed by atoms with Gasteiger partial charge in [-0.05, 0) is 24.3 Å². The van der Waals surface area contributed by atoms with E-state index in [0.29, 0.717) is 17.2 Å². The van der Waals surface area contributed by atoms with E-state index in [1.807, 2.05) is 12.1 Å². The number of carboxylic acid groups (broad SMARTS) is 1. The lowest BCUT2D eigenvalue weighted by Crippen LogP contribution is -2.25. The van der Waals surface area contributed by atoms with Crippen LogP contribution in [0, 0.1) is 0 Å². The third-order valence-electron chi connectivity index (χ3n) is 3.68. The number of aromatic amines is 1. The van der Waals surface area contributed by atoms with Crippen molar-refractivity contribution >= 4 is 44.9 Å². The standard InChI is InChI=1S/C14H12N6O3S/c15-20-9(13(21)22)4-7-11(16-5-17-12(7)20)18-6-1-2-8-10(3-6)24-14(23)19-8/h1-4,17H,5,15H2,(H,16,18)(H,19,23)(H,21,22). The highest BCUT2D eigenvalue weighted by molar-refractivity contribution is 7.16. The van der Waals surface area contributed by atoms with E-state index in [1.165, 1.54) is 6.07 Å². The highest BCUT2D eigenvalue weighted by Crippen LogP contribution is 2.25. The van der Waals surface area contributed by atoms with Crippen LogP contribution in [-0.2, 0) is 0 Å². The smallest absolute Gasteiger partial charge is 0.354 e. The fourth-order valence-electron chi connectivity index (χ4n) is 2.60. The van der Waals surface area contributed by atoms with Crippen LogP contribution in [0.5, 0.6) is 0 Å². The highest BCUT2D eigenvalue weighted by Gasteiger charge is 2.23. The molecule has 1 aliphatic rings. The van der Waals surface area contributed by atoms with Crippen LogP contribution in [-0.4, -0.2) is 33.2 Å². The maximum absolute atomic E-state index is 11.4. The average Bonchev–Trinajstić information content (AvgIpc) is 3.07. The first-order chi connectivity index (χ1) is 11.5. The number of aliphatic imine (C=N–C) groups is 1. The molecule has 122 valence electrons. The van der Waals surface area contributed by atoms with Crippen LogP contribution in [0.4, 0.5) is 11.5 Å². The van der Waals surface area contributed by atoms with Crippen LogP contribution >= 0.6 is 11.3 Å². The zero-order valence-electron chi connectivity index (χ0n) is 12.2. The summed E-state index contributed by atoms with van der Waals surface area (Å²) < 4.78 is 1.91. The van der Waals surface area contributed by atoms with E-state index in [4.69, 9.17) is 5.84 Å². The Morgan fingerprint density at radius 1 is 1.42 bits per heavy atom. The van der Waals surface area contributed by atoms with Crippen molar-refractivity contribution in [1.82, 2.24) is 9.66 Å². The van der Waals surface area contributed by atoms with Crippen molar-refractivity contribution in [3.63, 3.8) is 0 Å². The Hall–Kier alpha value is -3.27. The number of anilines is 2. The van der Waals surface area contributed by atoms with Crippen molar-refractivity contribution in [2.45, 2.75) is 0 Å². The number of rotatable bonds is 2. The molecule has 0 atom stereocenters. The topological polar surface area (TPSA) is 138 Å². The Kier molecular flexibility index (Phi) is 3.06. The van der Waals surface area contributed by atoms with Gasteiger partial charge in [-0.2, -0.15) is 0 Å². The number of amidine groups is 1. The lowest BCUT2D eigenvalue weighted by atomic mass is 10.2. The van der Waals surface area contributed by atoms with Crippen molar-refractivity contribution in [1.29, 1.82) is 0 Å². The van der Waals surface area contributed by atoms with Crippen molar-refractivity contribution in [3.8, 4) is 0 Å². The number of thiazole rings is 1. The SMILES string of the molecule is Nn1c(C(=O)O)cc2c1NCN=C2Nc1ccc2[nH]c(=O)sc2c1. The molecule has 1 aromatic carbocycles. The Morgan fingerprint density at radius 3 is 3.04 bits per heavy atom. The zero-order valence-corrected chi connectivity index (χ0v) is 13.0. The molecule has 0 saturated heterocycles. The summed E-state index contributed by atoms with van der Waals surface area (Å²) in [6.45, 7) is 0.273. The van der Waals surface area contributed by atoms with E-state index < -0.39 is 5.97 Å². The van der Waals surface area contributed by atoms with Crippen LogP contribution in [0.2, 0.25) is 0 Å². The summed E-state index contributed by atoms with van der Waals surface area (Å²) in [6.07, 6.45) is 0. The molecule has 0 bridgehead atoms. The number of carbonyl (C=O) groups is 1. The van der Waals surface area contributed by atoms with E-state index in [-0.39, 0.29) is 17.2 Å². The van der Waals surface area contributed by atoms with Gasteiger partial charge in [0.2, 0.25) is 0 Å². The van der Waals surface area contributed by atoms with Crippen molar-refractivity contribution in [2.75, 3.05) is 23.1 Å². The molecule has 0 aliphatic carbocycles. The van der Waals surface area contributed by atoms with E-state index in [9.17, 15) is 14.7 Å². The van der Waals surface area contributed by atoms with E-state index >= 15 is 0 Å². The third kappa shape index (κ3) is 2.20. The fraction of sp³-hybridized carbons (Fsp3) is 0.0714. The predicted molar refractivity (Wildman–Crippen MR) is 92.6 cm³/mol. The largest absolute Gasteiger partial charge is 0.477 e. The molecule has 2 aromatic heterocycles. The Morgan fingerprint density at radius 2 is 2.25 bits per heavy atom. The number of aromatic carboxylic acids is 1. The molecular formula is C14H12N6O3S. The van der Waals surface area contributed by atoms with Gasteiger partial charge in [-0.1, -0.05) is 11.3 Å². The molecular weight excluding hydrogens is 332 g/mol. The molecule has 0 amide bonds. The summed E-state index contributed by atoms with van der Waals surface area (Å²) in [5.74, 6) is 5.69. The van der Waals surface area contributed by atoms with Gasteiger partial charge in [0.1, 0.15) is 24.0 Å². The average molecular weight is 344 g/mol. The van der Waals surface area contributed by atoms with Gasteiger partial charge in [0.25, 0.3) is 0 Å². The molecule has 10 heteroatoms. The first-order valence-corrected chi connectivity index (χ1v) is 7.77. The first-order valence-electron chi connectivity index (χ1n) is 6.95. The number of hydrogen-bond acceptors (Lipinski definition) is 7. The minimum absolute atomic E-state index is 0.0387. The van der Waals surface area contributed by atoms with Crippen LogP contribution in [0.1, 0.15) is 16.1 Å². The number of nitrogens with one attached hydrogen (secondary N) is 3. The fourth-order valence-corrected chi connectivity index (χ4v) is 3.37. The van der Waals surface area contributed by atoms with Crippen molar-refractivity contribution in [3.05, 3.63) is 45.2 Å². The minimum atomic E-state index is -1.12. The second-order valence-electron chi connectivity index (χ2n) is 5.16. The molecule has 0 unspecified atom stereocenters. The van der Waals surface area contributed by atoms with Crippen molar-refractivity contribution in [2.24, 2.45) is 4.99 Å². The van der Waals surface area contributed by atoms with Gasteiger partial charge >= 0.3 is 10.8 Å². The molecule has 0 radical (unpaired) electrons. The maximum Gasteiger partial charge on any atom is 0.354 e. The third-order valence-corrected chi connectivity index (χ3v) is 4.52. The number of fused-ring (bicyclic) bond motifs is 2. The molecule has 0 saturated carbocycles. The molecule has 3 aromatic rings. The first kappa shape index (κ1) is 14.3. The summed E-state index contributed by atoms with van der Waals surface area (Å²) in [5, 5.41) is 15.3. The molecule has 4 rings (SSSR count). The molecule has 3 heterocycles. The second kappa shape index (κ2) is 5.13. The van der Waals surface area contributed by atoms with E-state index in [2.05, 4.69) is 20.6 Å². The summed E-state index contributed by atoms with van der Waals surface area (Å²) >= 11 is 1.12. The van der Waals surface area contributed by atoms with Gasteiger partial charge in [0, 0.05) is 5.69 Å². The van der Waals surface area contributed by atoms with Crippen LogP contribution in [0.25, 0.3) is 10.2 Å². The summed E-state index contributed by atoms with van der Waals surface area (Å²) in [5.41, 5.74) is 2.04. The number of benzene rings is 1. The van der Waals surface area contributed by atoms with Gasteiger partial charge in [-0.15, -0.1) is 0 Å². The highest BCUT2D eigenvalue weighted by atomic mass is 32.1. The number of nitrogen functional groups attached to an aromatic ring is 1. The number of carboxylic acids is 1. The molecule has 1 aliphatic heterocycles. The summed E-state index contributed by atoms with van der Waals surface area (Å²) in [6, 6.07) is 6.91. The van der Waals surface area contributed by atoms with Gasteiger partial charge < -0.3 is 26.6 Å². The lowest BCUT2D eigenvalue weighted by molar-refractivity contribution is 0.0687. The quantitative estimate of drug-likeness (QED) is 0.441. The van der Waals surface area contributed by atoms with E-state index in [0.717, 1.165) is 31.9 Å². The maximum atomic E-state index is 11.4. The lowest BCUT2D eigenvalue weighted by Gasteiger charge is -2.17. The van der Waals surface area contributed by atoms with Crippen LogP contribution in [0.3, 0.4) is 0 Å². The minimum Gasteiger partial charge on any atom is -0.477 e. The molecule has 24 heavy (non-hydrogen) atoms. The van der Waals surface area contributed by atoms with E-state index in [1.54, 1.807) is 6.07 Å². The van der Waals surface area contributed by atoms with Gasteiger partial charge in [-0.25, -0.2) is 14.5 Å². The van der Waals surface area contributed by atoms with Crippen LogP contribution < -0.4 is 21.3 Å². The number of H-pyrrole nitrogens is 1. The van der Waals surface area contributed by atoms with Crippen LogP contribution in [0.15, 0.2) is 34.1 Å². The summed E-state index contributed by atoms with van der Waals surface area (Å²) in [4.78, 5) is 29.6. The zero-order chi connectivity index (χ0) is 16.8. The molecule has 9 nitrogen and oxygen atoms in total. The number of nitrogens with two attached hydrogens (primary N) is 1. The predicted octanol–water partition coefficient (Wildman–Crippen LogP) is 1.04. The number of hydrogen-bond donors (Lipinski definition) is 5. The van der Waals surface area contributed by atoms with Gasteiger partial charge in [-0.3, -0.25) is 4.79 Å². The monoisotopic (exact) mass is 344 g/mol. The molecule has 0 spiro atoms.